The van der Waals surface area contributed by atoms with Crippen molar-refractivity contribution in [2.75, 3.05) is 5.32 Å². The molecule has 0 heterocycles. The Morgan fingerprint density at radius 1 is 0.756 bits per heavy atom. The molecule has 0 fully saturated rings. The molecule has 0 saturated heterocycles. The van der Waals surface area contributed by atoms with E-state index in [4.69, 9.17) is 4.74 Å². The summed E-state index contributed by atoms with van der Waals surface area (Å²) in [4.78, 5) is 50.2. The molecule has 9 nitrogen and oxygen atoms in total. The molecule has 9 heteroatoms. The lowest BCUT2D eigenvalue weighted by Crippen LogP contribution is -2.45. The topological polar surface area (TPSA) is 142 Å². The number of hydrogen-bond donors (Lipinski definition) is 4. The van der Waals surface area contributed by atoms with E-state index < -0.39 is 40.4 Å². The fraction of sp³-hybridized carbons (Fsp3) is 0.312. The summed E-state index contributed by atoms with van der Waals surface area (Å²) in [7, 11) is 0. The van der Waals surface area contributed by atoms with Gasteiger partial charge in [0.15, 0.2) is 0 Å². The number of carbonyl (C=O) groups is 4. The van der Waals surface area contributed by atoms with Crippen LogP contribution in [0.1, 0.15) is 107 Å². The molecule has 2 amide bonds. The smallest absolute Gasteiger partial charge is 0.336 e. The van der Waals surface area contributed by atoms with Crippen LogP contribution in [0.5, 0.6) is 11.5 Å². The summed E-state index contributed by atoms with van der Waals surface area (Å²) >= 11 is 0. The van der Waals surface area contributed by atoms with Gasteiger partial charge < -0.3 is 25.6 Å². The van der Waals surface area contributed by atoms with Crippen LogP contribution in [-0.4, -0.2) is 39.5 Å². The molecule has 1 atom stereocenters. The number of amides is 2. The van der Waals surface area contributed by atoms with Crippen molar-refractivity contribution < 1.29 is 34.1 Å². The first-order chi connectivity index (χ1) is 19.4. The van der Waals surface area contributed by atoms with Crippen molar-refractivity contribution in [1.82, 2.24) is 5.32 Å². The highest BCUT2D eigenvalue weighted by Crippen LogP contribution is 2.27. The quantitative estimate of drug-likeness (QED) is 0.188. The molecule has 41 heavy (non-hydrogen) atoms. The molecule has 3 aromatic rings. The van der Waals surface area contributed by atoms with Gasteiger partial charge in [-0.2, -0.15) is 0 Å². The van der Waals surface area contributed by atoms with Crippen molar-refractivity contribution in [2.24, 2.45) is 0 Å². The van der Waals surface area contributed by atoms with Gasteiger partial charge in [-0.05, 0) is 86.2 Å². The van der Waals surface area contributed by atoms with Gasteiger partial charge >= 0.3 is 11.9 Å². The first-order valence-corrected chi connectivity index (χ1v) is 13.6. The zero-order chi connectivity index (χ0) is 30.3. The molecule has 3 rings (SSSR count). The third kappa shape index (κ3) is 7.51. The Kier molecular flexibility index (Phi) is 9.89. The Morgan fingerprint density at radius 2 is 1.22 bits per heavy atom. The second-order valence-corrected chi connectivity index (χ2v) is 10.2. The summed E-state index contributed by atoms with van der Waals surface area (Å²) in [6.07, 6.45) is 2.21. The van der Waals surface area contributed by atoms with Gasteiger partial charge in [-0.15, -0.1) is 0 Å². The largest absolute Gasteiger partial charge is 0.478 e. The zero-order valence-electron chi connectivity index (χ0n) is 23.9. The fourth-order valence-electron chi connectivity index (χ4n) is 4.14. The van der Waals surface area contributed by atoms with Crippen LogP contribution in [0.15, 0.2) is 60.7 Å². The van der Waals surface area contributed by atoms with Gasteiger partial charge in [0, 0.05) is 11.2 Å². The van der Waals surface area contributed by atoms with Crippen molar-refractivity contribution in [3.63, 3.8) is 0 Å². The summed E-state index contributed by atoms with van der Waals surface area (Å²) in [5.41, 5.74) is -0.728. The molecule has 1 unspecified atom stereocenters. The lowest BCUT2D eigenvalue weighted by atomic mass is 9.93. The molecular formula is C32H36N2O7. The minimum atomic E-state index is -1.50. The zero-order valence-corrected chi connectivity index (χ0v) is 23.9. The molecule has 0 aromatic heterocycles. The maximum Gasteiger partial charge on any atom is 0.336 e. The number of carbonyl (C=O) groups excluding carboxylic acids is 2. The minimum Gasteiger partial charge on any atom is -0.478 e. The number of anilines is 1. The predicted octanol–water partition coefficient (Wildman–Crippen LogP) is 6.95. The molecule has 216 valence electrons. The van der Waals surface area contributed by atoms with E-state index in [-0.39, 0.29) is 11.1 Å². The molecule has 0 spiro atoms. The number of carboxylic acids is 2. The molecule has 0 bridgehead atoms. The first-order valence-electron chi connectivity index (χ1n) is 13.6. The maximum absolute atomic E-state index is 13.2. The van der Waals surface area contributed by atoms with Crippen LogP contribution in [0.3, 0.4) is 0 Å². The van der Waals surface area contributed by atoms with Gasteiger partial charge in [0.2, 0.25) is 0 Å². The Morgan fingerprint density at radius 3 is 1.68 bits per heavy atom. The number of nitrogens with one attached hydrogen (secondary N) is 2. The first kappa shape index (κ1) is 30.9. The van der Waals surface area contributed by atoms with Crippen molar-refractivity contribution in [3.05, 3.63) is 88.5 Å². The van der Waals surface area contributed by atoms with E-state index in [2.05, 4.69) is 24.5 Å². The highest BCUT2D eigenvalue weighted by Gasteiger charge is 2.29. The highest BCUT2D eigenvalue weighted by atomic mass is 16.5. The van der Waals surface area contributed by atoms with Crippen LogP contribution in [0.2, 0.25) is 0 Å². The third-order valence-electron chi connectivity index (χ3n) is 7.49. The van der Waals surface area contributed by atoms with Crippen LogP contribution in [0, 0.1) is 0 Å². The van der Waals surface area contributed by atoms with Crippen molar-refractivity contribution in [3.8, 4) is 11.5 Å². The molecule has 0 aliphatic heterocycles. The second kappa shape index (κ2) is 13.1. The molecule has 0 saturated carbocycles. The SMILES string of the molecule is CCC(C)c1ccc(Oc2ccc(NC(=O)c3cc(C(=O)NC(C)(CC)CC)c(C(=O)O)cc3C(=O)O)cc2)cc1. The summed E-state index contributed by atoms with van der Waals surface area (Å²) < 4.78 is 5.89. The van der Waals surface area contributed by atoms with Crippen LogP contribution >= 0.6 is 0 Å². The molecule has 4 N–H and O–H groups in total. The molecular weight excluding hydrogens is 524 g/mol. The predicted molar refractivity (Wildman–Crippen MR) is 156 cm³/mol. The Hall–Kier alpha value is -4.66. The van der Waals surface area contributed by atoms with Crippen LogP contribution in [0.4, 0.5) is 5.69 Å². The van der Waals surface area contributed by atoms with Crippen molar-refractivity contribution >= 4 is 29.4 Å². The Labute approximate surface area is 239 Å². The van der Waals surface area contributed by atoms with E-state index in [1.54, 1.807) is 24.3 Å². The standard InChI is InChI=1S/C32H36N2O7/c1-6-19(4)20-9-13-22(14-10-20)41-23-15-11-21(12-16-23)33-28(35)24-17-25(29(36)34-32(5,7-2)8-3)27(31(39)40)18-26(24)30(37)38/h9-19H,6-8H2,1-5H3,(H,33,35)(H,34,36)(H,37,38)(H,39,40). The Bertz CT molecular complexity index is 1430. The molecule has 0 radical (unpaired) electrons. The summed E-state index contributed by atoms with van der Waals surface area (Å²) in [5, 5.41) is 24.9. The number of benzene rings is 3. The molecule has 3 aromatic carbocycles. The van der Waals surface area contributed by atoms with Gasteiger partial charge in [-0.3, -0.25) is 9.59 Å². The summed E-state index contributed by atoms with van der Waals surface area (Å²) in [6.45, 7) is 9.88. The minimum absolute atomic E-state index is 0.302. The van der Waals surface area contributed by atoms with Crippen LogP contribution < -0.4 is 15.4 Å². The van der Waals surface area contributed by atoms with E-state index >= 15 is 0 Å². The van der Waals surface area contributed by atoms with E-state index in [1.165, 1.54) is 5.56 Å². The number of rotatable bonds is 12. The summed E-state index contributed by atoms with van der Waals surface area (Å²) in [5.74, 6) is -2.86. The molecule has 0 aliphatic carbocycles. The van der Waals surface area contributed by atoms with Crippen molar-refractivity contribution in [1.29, 1.82) is 0 Å². The summed E-state index contributed by atoms with van der Waals surface area (Å²) in [6, 6.07) is 16.2. The van der Waals surface area contributed by atoms with Crippen LogP contribution in [0.25, 0.3) is 0 Å². The van der Waals surface area contributed by atoms with Crippen LogP contribution in [-0.2, 0) is 0 Å². The second-order valence-electron chi connectivity index (χ2n) is 10.2. The Balaban J connectivity index is 1.85. The fourth-order valence-corrected chi connectivity index (χ4v) is 4.14. The third-order valence-corrected chi connectivity index (χ3v) is 7.49. The number of hydrogen-bond acceptors (Lipinski definition) is 5. The van der Waals surface area contributed by atoms with E-state index in [9.17, 15) is 29.4 Å². The van der Waals surface area contributed by atoms with Gasteiger partial charge in [-0.1, -0.05) is 39.8 Å². The van der Waals surface area contributed by atoms with Gasteiger partial charge in [0.25, 0.3) is 11.8 Å². The average Bonchev–Trinajstić information content (AvgIpc) is 2.97. The number of ether oxygens (including phenoxy) is 1. The molecule has 0 aliphatic rings. The van der Waals surface area contributed by atoms with Gasteiger partial charge in [-0.25, -0.2) is 9.59 Å². The normalized spacial score (nSPS) is 11.8. The monoisotopic (exact) mass is 560 g/mol. The lowest BCUT2D eigenvalue weighted by molar-refractivity contribution is 0.0686. The highest BCUT2D eigenvalue weighted by molar-refractivity contribution is 6.15. The van der Waals surface area contributed by atoms with Gasteiger partial charge in [0.1, 0.15) is 11.5 Å². The lowest BCUT2D eigenvalue weighted by Gasteiger charge is -2.28. The van der Waals surface area contributed by atoms with Gasteiger partial charge in [0.05, 0.1) is 22.3 Å². The van der Waals surface area contributed by atoms with E-state index in [0.717, 1.165) is 18.6 Å². The average molecular weight is 561 g/mol. The number of aromatic carboxylic acids is 2. The van der Waals surface area contributed by atoms with E-state index in [0.29, 0.717) is 35.9 Å². The van der Waals surface area contributed by atoms with E-state index in [1.807, 2.05) is 45.0 Å². The number of carboxylic acid groups (broad SMARTS) is 2. The maximum atomic E-state index is 13.2. The van der Waals surface area contributed by atoms with Crippen molar-refractivity contribution in [2.45, 2.75) is 65.3 Å².